The molecule has 0 spiro atoms. The van der Waals surface area contributed by atoms with Crippen molar-refractivity contribution in [2.24, 2.45) is 0 Å². The molecule has 3 heterocycles. The van der Waals surface area contributed by atoms with E-state index in [2.05, 4.69) is 9.55 Å². The monoisotopic (exact) mass is 232 g/mol. The van der Waals surface area contributed by atoms with Gasteiger partial charge in [-0.3, -0.25) is 0 Å². The largest absolute Gasteiger partial charge is 0.460 e. The maximum atomic E-state index is 9.35. The second kappa shape index (κ2) is 4.04. The minimum Gasteiger partial charge on any atom is -0.460 e. The van der Waals surface area contributed by atoms with Crippen LogP contribution in [0.2, 0.25) is 0 Å². The van der Waals surface area contributed by atoms with Crippen LogP contribution in [0, 0.1) is 6.92 Å². The number of aliphatic hydroxyl groups excluding tert-OH is 1. The standard InChI is InChI=1S/C13H16N2O2/c1-9-5-6-12(17-9)11-7-15-10(8-16)3-2-4-13(15)14-11/h5-7,10,16H,2-4,8H2,1H3. The predicted molar refractivity (Wildman–Crippen MR) is 63.7 cm³/mol. The number of fused-ring (bicyclic) bond motifs is 1. The summed E-state index contributed by atoms with van der Waals surface area (Å²) in [4.78, 5) is 4.59. The highest BCUT2D eigenvalue weighted by atomic mass is 16.3. The van der Waals surface area contributed by atoms with E-state index in [1.54, 1.807) is 0 Å². The molecule has 0 fully saturated rings. The van der Waals surface area contributed by atoms with Gasteiger partial charge in [0.25, 0.3) is 0 Å². The van der Waals surface area contributed by atoms with Crippen molar-refractivity contribution in [1.29, 1.82) is 0 Å². The van der Waals surface area contributed by atoms with E-state index in [1.165, 1.54) is 0 Å². The van der Waals surface area contributed by atoms with Gasteiger partial charge in [-0.05, 0) is 31.9 Å². The van der Waals surface area contributed by atoms with Crippen LogP contribution in [0.25, 0.3) is 11.5 Å². The van der Waals surface area contributed by atoms with Gasteiger partial charge in [0.1, 0.15) is 17.3 Å². The van der Waals surface area contributed by atoms with Crippen LogP contribution in [0.3, 0.4) is 0 Å². The summed E-state index contributed by atoms with van der Waals surface area (Å²) < 4.78 is 7.67. The molecule has 4 heteroatoms. The molecule has 0 saturated heterocycles. The summed E-state index contributed by atoms with van der Waals surface area (Å²) in [6, 6.07) is 4.06. The summed E-state index contributed by atoms with van der Waals surface area (Å²) >= 11 is 0. The summed E-state index contributed by atoms with van der Waals surface area (Å²) in [6.07, 6.45) is 5.10. The Hall–Kier alpha value is -1.55. The minimum atomic E-state index is 0.177. The Labute approximate surface area is 99.9 Å². The first-order valence-electron chi connectivity index (χ1n) is 6.03. The zero-order valence-electron chi connectivity index (χ0n) is 9.89. The lowest BCUT2D eigenvalue weighted by Gasteiger charge is -2.22. The highest BCUT2D eigenvalue weighted by Crippen LogP contribution is 2.28. The van der Waals surface area contributed by atoms with E-state index < -0.39 is 0 Å². The molecule has 0 saturated carbocycles. The zero-order chi connectivity index (χ0) is 11.8. The Bertz CT molecular complexity index is 527. The number of hydrogen-bond donors (Lipinski definition) is 1. The molecule has 2 aromatic heterocycles. The average molecular weight is 232 g/mol. The normalized spacial score (nSPS) is 19.3. The van der Waals surface area contributed by atoms with Crippen molar-refractivity contribution in [3.63, 3.8) is 0 Å². The molecule has 1 unspecified atom stereocenters. The molecule has 1 N–H and O–H groups in total. The molecule has 0 amide bonds. The summed E-state index contributed by atoms with van der Waals surface area (Å²) in [6.45, 7) is 2.11. The van der Waals surface area contributed by atoms with Crippen LogP contribution in [0.4, 0.5) is 0 Å². The van der Waals surface area contributed by atoms with E-state index >= 15 is 0 Å². The van der Waals surface area contributed by atoms with E-state index in [4.69, 9.17) is 4.42 Å². The minimum absolute atomic E-state index is 0.177. The van der Waals surface area contributed by atoms with E-state index in [0.717, 1.165) is 42.3 Å². The van der Waals surface area contributed by atoms with E-state index in [-0.39, 0.29) is 12.6 Å². The summed E-state index contributed by atoms with van der Waals surface area (Å²) in [5, 5.41) is 9.35. The number of nitrogens with zero attached hydrogens (tertiary/aromatic N) is 2. The first-order chi connectivity index (χ1) is 8.28. The lowest BCUT2D eigenvalue weighted by molar-refractivity contribution is 0.206. The van der Waals surface area contributed by atoms with Crippen LogP contribution in [-0.2, 0) is 6.42 Å². The van der Waals surface area contributed by atoms with E-state index in [9.17, 15) is 5.11 Å². The number of furan rings is 1. The molecule has 3 rings (SSSR count). The third kappa shape index (κ3) is 1.78. The Morgan fingerprint density at radius 1 is 1.53 bits per heavy atom. The van der Waals surface area contributed by atoms with Crippen LogP contribution in [0.15, 0.2) is 22.7 Å². The van der Waals surface area contributed by atoms with Crippen LogP contribution >= 0.6 is 0 Å². The molecule has 1 atom stereocenters. The fourth-order valence-corrected chi connectivity index (χ4v) is 2.44. The van der Waals surface area contributed by atoms with Crippen molar-refractivity contribution >= 4 is 0 Å². The Morgan fingerprint density at radius 2 is 2.41 bits per heavy atom. The molecule has 1 aliphatic heterocycles. The van der Waals surface area contributed by atoms with Crippen molar-refractivity contribution in [3.8, 4) is 11.5 Å². The molecule has 0 bridgehead atoms. The van der Waals surface area contributed by atoms with Gasteiger partial charge in [-0.1, -0.05) is 0 Å². The van der Waals surface area contributed by atoms with Gasteiger partial charge >= 0.3 is 0 Å². The number of aliphatic hydroxyl groups is 1. The topological polar surface area (TPSA) is 51.2 Å². The SMILES string of the molecule is Cc1ccc(-c2cn3c(n2)CCCC3CO)o1. The molecule has 0 radical (unpaired) electrons. The molecular weight excluding hydrogens is 216 g/mol. The summed E-state index contributed by atoms with van der Waals surface area (Å²) in [5.74, 6) is 2.75. The smallest absolute Gasteiger partial charge is 0.154 e. The maximum Gasteiger partial charge on any atom is 0.154 e. The second-order valence-corrected chi connectivity index (χ2v) is 4.59. The van der Waals surface area contributed by atoms with Crippen molar-refractivity contribution in [1.82, 2.24) is 9.55 Å². The number of hydrogen-bond acceptors (Lipinski definition) is 3. The van der Waals surface area contributed by atoms with Crippen molar-refractivity contribution in [2.75, 3.05) is 6.61 Å². The summed E-state index contributed by atoms with van der Waals surface area (Å²) in [5.41, 5.74) is 0.869. The van der Waals surface area contributed by atoms with Crippen LogP contribution in [-0.4, -0.2) is 21.3 Å². The molecule has 90 valence electrons. The van der Waals surface area contributed by atoms with Gasteiger partial charge in [-0.25, -0.2) is 4.98 Å². The van der Waals surface area contributed by atoms with Gasteiger partial charge in [0.15, 0.2) is 5.76 Å². The van der Waals surface area contributed by atoms with Gasteiger partial charge < -0.3 is 14.1 Å². The molecule has 2 aromatic rings. The number of aryl methyl sites for hydroxylation is 2. The fraction of sp³-hybridized carbons (Fsp3) is 0.462. The second-order valence-electron chi connectivity index (χ2n) is 4.59. The Morgan fingerprint density at radius 3 is 3.12 bits per heavy atom. The van der Waals surface area contributed by atoms with E-state index in [0.29, 0.717) is 0 Å². The van der Waals surface area contributed by atoms with Crippen molar-refractivity contribution in [2.45, 2.75) is 32.2 Å². The van der Waals surface area contributed by atoms with Gasteiger partial charge in [0.05, 0.1) is 12.6 Å². The quantitative estimate of drug-likeness (QED) is 0.864. The highest BCUT2D eigenvalue weighted by Gasteiger charge is 2.21. The molecule has 17 heavy (non-hydrogen) atoms. The lowest BCUT2D eigenvalue weighted by Crippen LogP contribution is -2.20. The third-order valence-corrected chi connectivity index (χ3v) is 3.34. The first-order valence-corrected chi connectivity index (χ1v) is 6.03. The van der Waals surface area contributed by atoms with Gasteiger partial charge in [0.2, 0.25) is 0 Å². The third-order valence-electron chi connectivity index (χ3n) is 3.34. The van der Waals surface area contributed by atoms with Gasteiger partial charge in [-0.2, -0.15) is 0 Å². The highest BCUT2D eigenvalue weighted by molar-refractivity contribution is 5.51. The molecule has 4 nitrogen and oxygen atoms in total. The van der Waals surface area contributed by atoms with Gasteiger partial charge in [-0.15, -0.1) is 0 Å². The first kappa shape index (κ1) is 10.6. The average Bonchev–Trinajstić information content (AvgIpc) is 2.93. The van der Waals surface area contributed by atoms with Crippen molar-refractivity contribution < 1.29 is 9.52 Å². The number of imidazole rings is 1. The predicted octanol–water partition coefficient (Wildman–Crippen LogP) is 2.32. The maximum absolute atomic E-state index is 9.35. The molecule has 1 aliphatic rings. The lowest BCUT2D eigenvalue weighted by atomic mass is 10.1. The molecule has 0 aliphatic carbocycles. The van der Waals surface area contributed by atoms with Crippen LogP contribution < -0.4 is 0 Å². The Kier molecular flexibility index (Phi) is 2.52. The van der Waals surface area contributed by atoms with E-state index in [1.807, 2.05) is 25.3 Å². The number of aromatic nitrogens is 2. The van der Waals surface area contributed by atoms with Crippen molar-refractivity contribution in [3.05, 3.63) is 29.9 Å². The zero-order valence-corrected chi connectivity index (χ0v) is 9.89. The Balaban J connectivity index is 2.01. The fourth-order valence-electron chi connectivity index (χ4n) is 2.44. The van der Waals surface area contributed by atoms with Crippen LogP contribution in [0.5, 0.6) is 0 Å². The molecular formula is C13H16N2O2. The summed E-state index contributed by atoms with van der Waals surface area (Å²) in [7, 11) is 0. The number of rotatable bonds is 2. The van der Waals surface area contributed by atoms with Crippen LogP contribution in [0.1, 0.15) is 30.5 Å². The van der Waals surface area contributed by atoms with Gasteiger partial charge in [0, 0.05) is 12.6 Å². The molecule has 0 aromatic carbocycles.